The molecule has 0 atom stereocenters. The van der Waals surface area contributed by atoms with Gasteiger partial charge in [-0.25, -0.2) is 0 Å². The van der Waals surface area contributed by atoms with E-state index in [1.54, 1.807) is 0 Å². The predicted octanol–water partition coefficient (Wildman–Crippen LogP) is 4.90. The summed E-state index contributed by atoms with van der Waals surface area (Å²) in [5, 5.41) is 0. The van der Waals surface area contributed by atoms with Gasteiger partial charge in [-0.3, -0.25) is 0 Å². The van der Waals surface area contributed by atoms with Crippen LogP contribution in [0, 0.1) is 0 Å². The summed E-state index contributed by atoms with van der Waals surface area (Å²) in [6.45, 7) is 6.75. The van der Waals surface area contributed by atoms with Crippen LogP contribution in [-0.4, -0.2) is 0 Å². The lowest BCUT2D eigenvalue weighted by Gasteiger charge is -2.23. The van der Waals surface area contributed by atoms with Gasteiger partial charge in [0.05, 0.1) is 0 Å². The van der Waals surface area contributed by atoms with Gasteiger partial charge in [0.1, 0.15) is 0 Å². The Morgan fingerprint density at radius 1 is 1.08 bits per heavy atom. The number of rotatable bonds is 2. The Bertz CT molecular complexity index is 283. The van der Waals surface area contributed by atoms with Gasteiger partial charge in [-0.1, -0.05) is 52.6 Å². The Hall–Kier alpha value is 0.180. The van der Waals surface area contributed by atoms with Crippen LogP contribution in [0.1, 0.15) is 32.8 Å². The van der Waals surface area contributed by atoms with E-state index >= 15 is 0 Å². The second-order valence-corrected chi connectivity index (χ2v) is 5.73. The third kappa shape index (κ3) is 2.81. The van der Waals surface area contributed by atoms with Crippen LogP contribution in [0.5, 0.6) is 0 Å². The van der Waals surface area contributed by atoms with Crippen molar-refractivity contribution in [3.05, 3.63) is 32.7 Å². The monoisotopic (exact) mass is 304 g/mol. The number of benzene rings is 1. The molecule has 1 aromatic carbocycles. The smallest absolute Gasteiger partial charge is 0.0189 e. The van der Waals surface area contributed by atoms with Crippen LogP contribution in [0.15, 0.2) is 27.1 Å². The van der Waals surface area contributed by atoms with Crippen LogP contribution < -0.4 is 0 Å². The van der Waals surface area contributed by atoms with Crippen molar-refractivity contribution in [1.82, 2.24) is 0 Å². The van der Waals surface area contributed by atoms with E-state index in [2.05, 4.69) is 70.8 Å². The summed E-state index contributed by atoms with van der Waals surface area (Å²) in [6, 6.07) is 6.44. The van der Waals surface area contributed by atoms with Crippen molar-refractivity contribution < 1.29 is 0 Å². The zero-order valence-electron chi connectivity index (χ0n) is 8.20. The van der Waals surface area contributed by atoms with E-state index in [9.17, 15) is 0 Å². The average Bonchev–Trinajstić information content (AvgIpc) is 2.02. The topological polar surface area (TPSA) is 0 Å². The summed E-state index contributed by atoms with van der Waals surface area (Å²) < 4.78 is 2.27. The Kier molecular flexibility index (Phi) is 3.58. The van der Waals surface area contributed by atoms with Crippen molar-refractivity contribution in [2.45, 2.75) is 32.6 Å². The maximum atomic E-state index is 3.50. The van der Waals surface area contributed by atoms with Crippen molar-refractivity contribution in [3.63, 3.8) is 0 Å². The summed E-state index contributed by atoms with van der Waals surface area (Å²) in [5.74, 6) is 0. The van der Waals surface area contributed by atoms with Crippen LogP contribution in [0.2, 0.25) is 0 Å². The summed E-state index contributed by atoms with van der Waals surface area (Å²) >= 11 is 7.01. The molecule has 0 aliphatic carbocycles. The highest BCUT2D eigenvalue weighted by Crippen LogP contribution is 2.31. The first-order chi connectivity index (χ1) is 5.95. The molecule has 2 heteroatoms. The molecule has 13 heavy (non-hydrogen) atoms. The molecule has 0 heterocycles. The van der Waals surface area contributed by atoms with Gasteiger partial charge >= 0.3 is 0 Å². The molecule has 0 bridgehead atoms. The predicted molar refractivity (Wildman–Crippen MR) is 65.2 cm³/mol. The Balaban J connectivity index is 3.15. The van der Waals surface area contributed by atoms with Gasteiger partial charge < -0.3 is 0 Å². The van der Waals surface area contributed by atoms with Crippen molar-refractivity contribution in [1.29, 1.82) is 0 Å². The van der Waals surface area contributed by atoms with Crippen LogP contribution >= 0.6 is 31.9 Å². The summed E-state index contributed by atoms with van der Waals surface area (Å²) in [6.07, 6.45) is 1.15. The van der Waals surface area contributed by atoms with Crippen molar-refractivity contribution in [2.24, 2.45) is 0 Å². The van der Waals surface area contributed by atoms with E-state index in [0.29, 0.717) is 0 Å². The molecule has 0 amide bonds. The summed E-state index contributed by atoms with van der Waals surface area (Å²) in [5.41, 5.74) is 1.63. The lowest BCUT2D eigenvalue weighted by Crippen LogP contribution is -2.15. The molecule has 0 aliphatic heterocycles. The van der Waals surface area contributed by atoms with Gasteiger partial charge in [-0.2, -0.15) is 0 Å². The van der Waals surface area contributed by atoms with Crippen LogP contribution in [0.4, 0.5) is 0 Å². The third-order valence-corrected chi connectivity index (χ3v) is 3.44. The molecule has 1 aromatic rings. The van der Waals surface area contributed by atoms with E-state index in [-0.39, 0.29) is 5.41 Å². The molecular weight excluding hydrogens is 292 g/mol. The summed E-state index contributed by atoms with van der Waals surface area (Å²) in [4.78, 5) is 0. The Labute approximate surface area is 97.0 Å². The van der Waals surface area contributed by atoms with Gasteiger partial charge in [-0.05, 0) is 35.6 Å². The molecule has 0 fully saturated rings. The first-order valence-corrected chi connectivity index (χ1v) is 6.01. The Morgan fingerprint density at radius 2 is 1.54 bits per heavy atom. The first-order valence-electron chi connectivity index (χ1n) is 4.42. The third-order valence-electron chi connectivity index (χ3n) is 2.53. The van der Waals surface area contributed by atoms with E-state index in [1.165, 1.54) is 5.56 Å². The number of hydrogen-bond acceptors (Lipinski definition) is 0. The van der Waals surface area contributed by atoms with Crippen LogP contribution in [0.25, 0.3) is 0 Å². The normalized spacial score (nSPS) is 11.8. The maximum absolute atomic E-state index is 3.50. The lowest BCUT2D eigenvalue weighted by molar-refractivity contribution is 0.506. The minimum absolute atomic E-state index is 0.256. The van der Waals surface area contributed by atoms with E-state index in [0.717, 1.165) is 15.4 Å². The Morgan fingerprint density at radius 3 is 1.92 bits per heavy atom. The van der Waals surface area contributed by atoms with Crippen molar-refractivity contribution in [3.8, 4) is 0 Å². The van der Waals surface area contributed by atoms with Gasteiger partial charge in [0, 0.05) is 8.95 Å². The standard InChI is InChI=1S/C11H14Br2/c1-4-11(2,3)8-5-9(12)7-10(13)6-8/h5-7H,4H2,1-3H3. The molecule has 0 spiro atoms. The maximum Gasteiger partial charge on any atom is 0.0189 e. The van der Waals surface area contributed by atoms with E-state index < -0.39 is 0 Å². The van der Waals surface area contributed by atoms with Gasteiger partial charge in [0.25, 0.3) is 0 Å². The molecular formula is C11H14Br2. The largest absolute Gasteiger partial charge is 0.0646 e. The van der Waals surface area contributed by atoms with Crippen molar-refractivity contribution >= 4 is 31.9 Å². The quantitative estimate of drug-likeness (QED) is 0.729. The van der Waals surface area contributed by atoms with Gasteiger partial charge in [0.2, 0.25) is 0 Å². The van der Waals surface area contributed by atoms with Crippen molar-refractivity contribution in [2.75, 3.05) is 0 Å². The zero-order chi connectivity index (χ0) is 10.1. The van der Waals surface area contributed by atoms with E-state index in [4.69, 9.17) is 0 Å². The minimum atomic E-state index is 0.256. The highest BCUT2D eigenvalue weighted by Gasteiger charge is 2.18. The molecule has 0 saturated heterocycles. The molecule has 0 nitrogen and oxygen atoms in total. The minimum Gasteiger partial charge on any atom is -0.0646 e. The van der Waals surface area contributed by atoms with Crippen LogP contribution in [0.3, 0.4) is 0 Å². The molecule has 0 saturated carbocycles. The zero-order valence-corrected chi connectivity index (χ0v) is 11.4. The van der Waals surface area contributed by atoms with Gasteiger partial charge in [0.15, 0.2) is 0 Å². The SMILES string of the molecule is CCC(C)(C)c1cc(Br)cc(Br)c1. The number of hydrogen-bond donors (Lipinski definition) is 0. The molecule has 0 aliphatic rings. The summed E-state index contributed by atoms with van der Waals surface area (Å²) in [7, 11) is 0. The average molecular weight is 306 g/mol. The molecule has 0 N–H and O–H groups in total. The lowest BCUT2D eigenvalue weighted by atomic mass is 9.82. The molecule has 1 rings (SSSR count). The second kappa shape index (κ2) is 4.14. The second-order valence-electron chi connectivity index (χ2n) is 3.90. The number of halogens is 2. The van der Waals surface area contributed by atoms with E-state index in [1.807, 2.05) is 0 Å². The molecule has 72 valence electrons. The molecule has 0 radical (unpaired) electrons. The molecule has 0 aromatic heterocycles. The fraction of sp³-hybridized carbons (Fsp3) is 0.455. The van der Waals surface area contributed by atoms with Gasteiger partial charge in [-0.15, -0.1) is 0 Å². The highest BCUT2D eigenvalue weighted by molar-refractivity contribution is 9.11. The molecule has 0 unspecified atom stereocenters. The fourth-order valence-corrected chi connectivity index (χ4v) is 2.44. The fourth-order valence-electron chi connectivity index (χ4n) is 1.15. The highest BCUT2D eigenvalue weighted by atomic mass is 79.9. The van der Waals surface area contributed by atoms with Crippen LogP contribution in [-0.2, 0) is 5.41 Å². The first kappa shape index (κ1) is 11.3.